The molecule has 0 bridgehead atoms. The van der Waals surface area contributed by atoms with E-state index in [-0.39, 0.29) is 17.9 Å². The molecule has 1 saturated heterocycles. The standard InChI is InChI=1S/C11H20N2O3S/c1-5-9-11(15)13(7(2)6-17(4)16)8(3)10(14)12-9/h7-9H,5-6H2,1-4H3,(H,12,14). The van der Waals surface area contributed by atoms with Gasteiger partial charge in [-0.1, -0.05) is 6.92 Å². The van der Waals surface area contributed by atoms with Crippen LogP contribution in [0, 0.1) is 0 Å². The Kier molecular flexibility index (Phi) is 4.68. The van der Waals surface area contributed by atoms with Gasteiger partial charge >= 0.3 is 0 Å². The van der Waals surface area contributed by atoms with E-state index in [1.54, 1.807) is 18.1 Å². The van der Waals surface area contributed by atoms with Crippen LogP contribution in [0.5, 0.6) is 0 Å². The monoisotopic (exact) mass is 260 g/mol. The summed E-state index contributed by atoms with van der Waals surface area (Å²) in [5.74, 6) is 0.197. The maximum atomic E-state index is 12.1. The highest BCUT2D eigenvalue weighted by Crippen LogP contribution is 2.15. The smallest absolute Gasteiger partial charge is 0.246 e. The van der Waals surface area contributed by atoms with E-state index in [9.17, 15) is 13.8 Å². The van der Waals surface area contributed by atoms with Gasteiger partial charge in [0.05, 0.1) is 0 Å². The molecule has 0 aromatic heterocycles. The zero-order chi connectivity index (χ0) is 13.2. The number of hydrogen-bond acceptors (Lipinski definition) is 3. The lowest BCUT2D eigenvalue weighted by Crippen LogP contribution is -2.64. The number of nitrogens with one attached hydrogen (secondary N) is 1. The maximum absolute atomic E-state index is 12.1. The van der Waals surface area contributed by atoms with Gasteiger partial charge < -0.3 is 10.2 Å². The topological polar surface area (TPSA) is 66.5 Å². The maximum Gasteiger partial charge on any atom is 0.246 e. The van der Waals surface area contributed by atoms with Gasteiger partial charge in [-0.15, -0.1) is 0 Å². The number of rotatable bonds is 4. The van der Waals surface area contributed by atoms with Crippen LogP contribution in [-0.2, 0) is 20.4 Å². The molecule has 0 spiro atoms. The minimum Gasteiger partial charge on any atom is -0.343 e. The molecule has 6 heteroatoms. The van der Waals surface area contributed by atoms with E-state index in [2.05, 4.69) is 5.32 Å². The molecule has 17 heavy (non-hydrogen) atoms. The molecule has 0 saturated carbocycles. The Labute approximate surface area is 104 Å². The molecular weight excluding hydrogens is 240 g/mol. The van der Waals surface area contributed by atoms with Crippen molar-refractivity contribution in [2.24, 2.45) is 0 Å². The van der Waals surface area contributed by atoms with E-state index in [1.165, 1.54) is 0 Å². The molecule has 2 amide bonds. The first-order valence-electron chi connectivity index (χ1n) is 5.81. The van der Waals surface area contributed by atoms with Crippen molar-refractivity contribution in [3.63, 3.8) is 0 Å². The van der Waals surface area contributed by atoms with E-state index in [0.29, 0.717) is 12.2 Å². The summed E-state index contributed by atoms with van der Waals surface area (Å²) in [4.78, 5) is 25.4. The summed E-state index contributed by atoms with van der Waals surface area (Å²) in [5.41, 5.74) is 0. The molecule has 1 N–H and O–H groups in total. The van der Waals surface area contributed by atoms with Crippen molar-refractivity contribution in [2.45, 2.75) is 45.3 Å². The largest absolute Gasteiger partial charge is 0.343 e. The predicted molar refractivity (Wildman–Crippen MR) is 66.9 cm³/mol. The fraction of sp³-hybridized carbons (Fsp3) is 0.818. The third kappa shape index (κ3) is 3.06. The first-order valence-corrected chi connectivity index (χ1v) is 7.53. The Balaban J connectivity index is 2.88. The van der Waals surface area contributed by atoms with Crippen LogP contribution in [0.15, 0.2) is 0 Å². The Morgan fingerprint density at radius 2 is 2.06 bits per heavy atom. The van der Waals surface area contributed by atoms with Crippen LogP contribution in [0.2, 0.25) is 0 Å². The Morgan fingerprint density at radius 3 is 2.53 bits per heavy atom. The van der Waals surface area contributed by atoms with Crippen molar-refractivity contribution in [1.29, 1.82) is 0 Å². The molecule has 1 fully saturated rings. The molecule has 0 aliphatic carbocycles. The van der Waals surface area contributed by atoms with Crippen molar-refractivity contribution < 1.29 is 13.8 Å². The number of piperazine rings is 1. The highest BCUT2D eigenvalue weighted by atomic mass is 32.2. The van der Waals surface area contributed by atoms with Gasteiger partial charge in [0.2, 0.25) is 11.8 Å². The lowest BCUT2D eigenvalue weighted by Gasteiger charge is -2.40. The van der Waals surface area contributed by atoms with Crippen LogP contribution in [-0.4, -0.2) is 51.1 Å². The van der Waals surface area contributed by atoms with E-state index < -0.39 is 22.9 Å². The highest BCUT2D eigenvalue weighted by Gasteiger charge is 2.39. The van der Waals surface area contributed by atoms with E-state index in [4.69, 9.17) is 0 Å². The van der Waals surface area contributed by atoms with Gasteiger partial charge in [0.25, 0.3) is 0 Å². The van der Waals surface area contributed by atoms with E-state index in [1.807, 2.05) is 13.8 Å². The highest BCUT2D eigenvalue weighted by molar-refractivity contribution is 7.84. The summed E-state index contributed by atoms with van der Waals surface area (Å²) < 4.78 is 11.2. The summed E-state index contributed by atoms with van der Waals surface area (Å²) in [6, 6.07) is -1.10. The molecule has 1 heterocycles. The lowest BCUT2D eigenvalue weighted by atomic mass is 10.0. The Morgan fingerprint density at radius 1 is 1.47 bits per heavy atom. The Hall–Kier alpha value is -0.910. The first kappa shape index (κ1) is 14.2. The molecule has 1 rings (SSSR count). The zero-order valence-electron chi connectivity index (χ0n) is 10.7. The van der Waals surface area contributed by atoms with Crippen LogP contribution < -0.4 is 5.32 Å². The second kappa shape index (κ2) is 5.62. The third-order valence-corrected chi connectivity index (χ3v) is 3.98. The van der Waals surface area contributed by atoms with Gasteiger partial charge in [-0.05, 0) is 20.3 Å². The summed E-state index contributed by atoms with van der Waals surface area (Å²) in [6.07, 6.45) is 2.18. The molecule has 1 aliphatic rings. The molecule has 0 aromatic carbocycles. The lowest BCUT2D eigenvalue weighted by molar-refractivity contribution is -0.150. The Bertz CT molecular complexity index is 346. The molecule has 4 unspecified atom stereocenters. The van der Waals surface area contributed by atoms with Gasteiger partial charge in [0, 0.05) is 28.9 Å². The molecule has 0 radical (unpaired) electrons. The quantitative estimate of drug-likeness (QED) is 0.766. The number of carbonyl (C=O) groups is 2. The number of nitrogens with zero attached hydrogens (tertiary/aromatic N) is 1. The van der Waals surface area contributed by atoms with Gasteiger partial charge in [0.15, 0.2) is 0 Å². The fourth-order valence-corrected chi connectivity index (χ4v) is 2.99. The third-order valence-electron chi connectivity index (χ3n) is 3.02. The van der Waals surface area contributed by atoms with E-state index >= 15 is 0 Å². The molecule has 0 aromatic rings. The van der Waals surface area contributed by atoms with Crippen LogP contribution >= 0.6 is 0 Å². The number of carbonyl (C=O) groups excluding carboxylic acids is 2. The zero-order valence-corrected chi connectivity index (χ0v) is 11.5. The fourth-order valence-electron chi connectivity index (χ4n) is 2.15. The first-order chi connectivity index (χ1) is 7.88. The van der Waals surface area contributed by atoms with Crippen LogP contribution in [0.25, 0.3) is 0 Å². The SMILES string of the molecule is CCC1NC(=O)C(C)N(C(C)CS(C)=O)C1=O. The summed E-state index contributed by atoms with van der Waals surface area (Å²) in [6.45, 7) is 5.40. The van der Waals surface area contributed by atoms with Gasteiger partial charge in [0.1, 0.15) is 12.1 Å². The van der Waals surface area contributed by atoms with Crippen LogP contribution in [0.3, 0.4) is 0 Å². The normalized spacial score (nSPS) is 28.8. The van der Waals surface area contributed by atoms with E-state index in [0.717, 1.165) is 0 Å². The second-order valence-electron chi connectivity index (χ2n) is 4.48. The molecule has 1 aliphatic heterocycles. The summed E-state index contributed by atoms with van der Waals surface area (Å²) >= 11 is 0. The van der Waals surface area contributed by atoms with Crippen molar-refractivity contribution in [2.75, 3.05) is 12.0 Å². The van der Waals surface area contributed by atoms with Crippen LogP contribution in [0.1, 0.15) is 27.2 Å². The minimum atomic E-state index is -0.977. The average molecular weight is 260 g/mol. The number of hydrogen-bond donors (Lipinski definition) is 1. The van der Waals surface area contributed by atoms with Crippen molar-refractivity contribution in [1.82, 2.24) is 10.2 Å². The van der Waals surface area contributed by atoms with Gasteiger partial charge in [-0.3, -0.25) is 13.8 Å². The number of amides is 2. The average Bonchev–Trinajstić information content (AvgIpc) is 2.22. The minimum absolute atomic E-state index is 0.0717. The molecule has 5 nitrogen and oxygen atoms in total. The van der Waals surface area contributed by atoms with Crippen molar-refractivity contribution >= 4 is 22.6 Å². The van der Waals surface area contributed by atoms with Crippen molar-refractivity contribution in [3.05, 3.63) is 0 Å². The van der Waals surface area contributed by atoms with Gasteiger partial charge in [-0.25, -0.2) is 0 Å². The summed E-state index contributed by atoms with van der Waals surface area (Å²) in [7, 11) is -0.977. The summed E-state index contributed by atoms with van der Waals surface area (Å²) in [5, 5.41) is 2.70. The molecule has 98 valence electrons. The van der Waals surface area contributed by atoms with Gasteiger partial charge in [-0.2, -0.15) is 0 Å². The second-order valence-corrected chi connectivity index (χ2v) is 5.96. The van der Waals surface area contributed by atoms with Crippen molar-refractivity contribution in [3.8, 4) is 0 Å². The molecular formula is C11H20N2O3S. The van der Waals surface area contributed by atoms with Crippen LogP contribution in [0.4, 0.5) is 0 Å². The molecule has 4 atom stereocenters. The predicted octanol–water partition coefficient (Wildman–Crippen LogP) is -0.121.